The van der Waals surface area contributed by atoms with Gasteiger partial charge < -0.3 is 10.2 Å². The van der Waals surface area contributed by atoms with Crippen LogP contribution in [0, 0.1) is 11.3 Å². The number of anilines is 1. The molecule has 0 aliphatic heterocycles. The van der Waals surface area contributed by atoms with Crippen LogP contribution in [0.5, 0.6) is 0 Å². The Morgan fingerprint density at radius 3 is 2.46 bits per heavy atom. The summed E-state index contributed by atoms with van der Waals surface area (Å²) in [5, 5.41) is 12.0. The summed E-state index contributed by atoms with van der Waals surface area (Å²) in [7, 11) is 3.92. The molecule has 122 valence electrons. The first kappa shape index (κ1) is 17.2. The van der Waals surface area contributed by atoms with Crippen molar-refractivity contribution >= 4 is 17.7 Å². The quantitative estimate of drug-likeness (QED) is 0.501. The second-order valence-corrected chi connectivity index (χ2v) is 5.52. The smallest absolute Gasteiger partial charge is 0.262 e. The van der Waals surface area contributed by atoms with E-state index in [0.29, 0.717) is 13.1 Å². The van der Waals surface area contributed by atoms with Gasteiger partial charge >= 0.3 is 0 Å². The Morgan fingerprint density at radius 1 is 1.21 bits per heavy atom. The number of aromatic nitrogens is 1. The molecule has 5 nitrogen and oxygen atoms in total. The molecular weight excluding hydrogens is 300 g/mol. The molecule has 0 radical (unpaired) electrons. The van der Waals surface area contributed by atoms with Crippen molar-refractivity contribution < 1.29 is 9.36 Å². The second-order valence-electron chi connectivity index (χ2n) is 5.52. The summed E-state index contributed by atoms with van der Waals surface area (Å²) in [5.41, 5.74) is 1.99. The van der Waals surface area contributed by atoms with E-state index in [0.717, 1.165) is 11.3 Å². The fraction of sp³-hybridized carbons (Fsp3) is 0.211. The van der Waals surface area contributed by atoms with Crippen molar-refractivity contribution in [3.8, 4) is 6.07 Å². The minimum atomic E-state index is -0.356. The number of nitrogens with zero attached hydrogens (tertiary/aromatic N) is 3. The molecule has 1 aromatic carbocycles. The van der Waals surface area contributed by atoms with Gasteiger partial charge in [0.1, 0.15) is 11.6 Å². The molecule has 2 rings (SSSR count). The molecule has 1 N–H and O–H groups in total. The van der Waals surface area contributed by atoms with Crippen molar-refractivity contribution in [1.29, 1.82) is 5.26 Å². The third-order valence-corrected chi connectivity index (χ3v) is 3.52. The summed E-state index contributed by atoms with van der Waals surface area (Å²) in [6, 6.07) is 15.4. The lowest BCUT2D eigenvalue weighted by Gasteiger charge is -2.11. The Labute approximate surface area is 142 Å². The highest BCUT2D eigenvalue weighted by molar-refractivity contribution is 6.01. The Hall–Kier alpha value is -3.13. The molecule has 0 fully saturated rings. The number of hydrogen-bond donors (Lipinski definition) is 1. The van der Waals surface area contributed by atoms with Crippen molar-refractivity contribution in [3.63, 3.8) is 0 Å². The van der Waals surface area contributed by atoms with E-state index in [-0.39, 0.29) is 11.5 Å². The highest BCUT2D eigenvalue weighted by Gasteiger charge is 2.09. The number of benzene rings is 1. The summed E-state index contributed by atoms with van der Waals surface area (Å²) in [4.78, 5) is 14.1. The van der Waals surface area contributed by atoms with Crippen LogP contribution in [0.3, 0.4) is 0 Å². The van der Waals surface area contributed by atoms with E-state index in [1.54, 1.807) is 6.08 Å². The Morgan fingerprint density at radius 2 is 1.88 bits per heavy atom. The lowest BCUT2D eigenvalue weighted by molar-refractivity contribution is -0.694. The van der Waals surface area contributed by atoms with Crippen LogP contribution in [-0.4, -0.2) is 26.5 Å². The molecule has 5 heteroatoms. The molecule has 0 saturated heterocycles. The van der Waals surface area contributed by atoms with Crippen LogP contribution in [0.4, 0.5) is 5.69 Å². The number of amides is 1. The van der Waals surface area contributed by atoms with Crippen LogP contribution >= 0.6 is 0 Å². The summed E-state index contributed by atoms with van der Waals surface area (Å²) < 4.78 is 1.97. The highest BCUT2D eigenvalue weighted by atomic mass is 16.1. The number of nitrogens with one attached hydrogen (secondary N) is 1. The van der Waals surface area contributed by atoms with Gasteiger partial charge in [-0.1, -0.05) is 18.2 Å². The first-order valence-corrected chi connectivity index (χ1v) is 7.71. The van der Waals surface area contributed by atoms with Crippen LogP contribution in [0.2, 0.25) is 0 Å². The zero-order valence-electron chi connectivity index (χ0n) is 13.9. The van der Waals surface area contributed by atoms with Gasteiger partial charge in [-0.15, -0.1) is 0 Å². The number of carbonyl (C=O) groups is 1. The fourth-order valence-electron chi connectivity index (χ4n) is 2.16. The highest BCUT2D eigenvalue weighted by Crippen LogP contribution is 2.14. The number of hydrogen-bond acceptors (Lipinski definition) is 3. The van der Waals surface area contributed by atoms with E-state index < -0.39 is 0 Å². The fourth-order valence-corrected chi connectivity index (χ4v) is 2.16. The van der Waals surface area contributed by atoms with Crippen LogP contribution in [0.25, 0.3) is 6.08 Å². The van der Waals surface area contributed by atoms with E-state index in [2.05, 4.69) is 5.32 Å². The molecule has 0 aliphatic carbocycles. The molecular formula is C19H21N4O+. The van der Waals surface area contributed by atoms with Crippen LogP contribution < -0.4 is 14.8 Å². The number of pyridine rings is 1. The minimum Gasteiger partial charge on any atom is -0.378 e. The summed E-state index contributed by atoms with van der Waals surface area (Å²) in [6.07, 6.45) is 5.46. The predicted molar refractivity (Wildman–Crippen MR) is 94.0 cm³/mol. The largest absolute Gasteiger partial charge is 0.378 e. The second kappa shape index (κ2) is 8.49. The summed E-state index contributed by atoms with van der Waals surface area (Å²) in [6.45, 7) is 1.12. The number of carbonyl (C=O) groups excluding carboxylic acids is 1. The molecule has 0 saturated carbocycles. The van der Waals surface area contributed by atoms with E-state index in [1.807, 2.05) is 84.5 Å². The first-order chi connectivity index (χ1) is 11.6. The van der Waals surface area contributed by atoms with Gasteiger partial charge in [0.05, 0.1) is 6.54 Å². The van der Waals surface area contributed by atoms with Gasteiger partial charge in [0.25, 0.3) is 5.91 Å². The molecule has 0 bridgehead atoms. The third kappa shape index (κ3) is 4.96. The Kier molecular flexibility index (Phi) is 6.09. The van der Waals surface area contributed by atoms with Crippen molar-refractivity contribution in [2.45, 2.75) is 6.54 Å². The van der Waals surface area contributed by atoms with Gasteiger partial charge in [0, 0.05) is 31.9 Å². The predicted octanol–water partition coefficient (Wildman–Crippen LogP) is 1.76. The molecule has 0 spiro atoms. The monoisotopic (exact) mass is 321 g/mol. The number of nitriles is 1. The average Bonchev–Trinajstić information content (AvgIpc) is 2.60. The van der Waals surface area contributed by atoms with Gasteiger partial charge in [0.2, 0.25) is 0 Å². The molecule has 0 unspecified atom stereocenters. The minimum absolute atomic E-state index is 0.102. The Bertz CT molecular complexity index is 743. The van der Waals surface area contributed by atoms with Crippen molar-refractivity contribution in [1.82, 2.24) is 5.32 Å². The lowest BCUT2D eigenvalue weighted by atomic mass is 10.1. The van der Waals surface area contributed by atoms with Crippen molar-refractivity contribution in [3.05, 3.63) is 66.0 Å². The maximum Gasteiger partial charge on any atom is 0.262 e. The maximum absolute atomic E-state index is 12.1. The summed E-state index contributed by atoms with van der Waals surface area (Å²) >= 11 is 0. The molecule has 1 heterocycles. The molecule has 0 aliphatic rings. The van der Waals surface area contributed by atoms with Gasteiger partial charge in [-0.2, -0.15) is 5.26 Å². The normalized spacial score (nSPS) is 10.8. The molecule has 24 heavy (non-hydrogen) atoms. The SMILES string of the molecule is CN(C)c1ccc(C=C(C#N)C(=O)NCC[n+]2ccccc2)cc1. The molecule has 1 amide bonds. The summed E-state index contributed by atoms with van der Waals surface area (Å²) in [5.74, 6) is -0.356. The van der Waals surface area contributed by atoms with Gasteiger partial charge in [0.15, 0.2) is 18.9 Å². The zero-order chi connectivity index (χ0) is 17.4. The maximum atomic E-state index is 12.1. The van der Waals surface area contributed by atoms with Gasteiger partial charge in [-0.25, -0.2) is 4.57 Å². The van der Waals surface area contributed by atoms with E-state index in [9.17, 15) is 10.1 Å². The molecule has 2 aromatic rings. The van der Waals surface area contributed by atoms with Crippen molar-refractivity contribution in [2.24, 2.45) is 0 Å². The van der Waals surface area contributed by atoms with E-state index in [1.165, 1.54) is 0 Å². The number of rotatable bonds is 6. The lowest BCUT2D eigenvalue weighted by Crippen LogP contribution is -2.40. The standard InChI is InChI=1S/C19H20N4O/c1-22(2)18-8-6-16(7-9-18)14-17(15-20)19(24)21-10-13-23-11-4-3-5-12-23/h3-9,11-12,14H,10,13H2,1-2H3/p+1. The van der Waals surface area contributed by atoms with Gasteiger partial charge in [-0.05, 0) is 23.8 Å². The molecule has 1 aromatic heterocycles. The zero-order valence-corrected chi connectivity index (χ0v) is 13.9. The molecule has 0 atom stereocenters. The van der Waals surface area contributed by atoms with E-state index in [4.69, 9.17) is 0 Å². The van der Waals surface area contributed by atoms with Crippen molar-refractivity contribution in [2.75, 3.05) is 25.5 Å². The van der Waals surface area contributed by atoms with Crippen LogP contribution in [0.1, 0.15) is 5.56 Å². The van der Waals surface area contributed by atoms with Crippen LogP contribution in [-0.2, 0) is 11.3 Å². The van der Waals surface area contributed by atoms with Crippen LogP contribution in [0.15, 0.2) is 60.4 Å². The third-order valence-electron chi connectivity index (χ3n) is 3.52. The van der Waals surface area contributed by atoms with E-state index >= 15 is 0 Å². The van der Waals surface area contributed by atoms with Gasteiger partial charge in [-0.3, -0.25) is 4.79 Å². The Balaban J connectivity index is 1.96. The average molecular weight is 321 g/mol. The first-order valence-electron chi connectivity index (χ1n) is 7.71. The topological polar surface area (TPSA) is 60.0 Å².